The van der Waals surface area contributed by atoms with Crippen LogP contribution in [-0.2, 0) is 4.79 Å². The van der Waals surface area contributed by atoms with Crippen molar-refractivity contribution in [2.24, 2.45) is 0 Å². The number of piperidine rings is 1. The third-order valence-corrected chi connectivity index (χ3v) is 2.52. The van der Waals surface area contributed by atoms with Gasteiger partial charge < -0.3 is 5.32 Å². The second kappa shape index (κ2) is 3.22. The molecule has 1 atom stereocenters. The molecule has 9 heavy (non-hydrogen) atoms. The van der Waals surface area contributed by atoms with Crippen molar-refractivity contribution in [2.45, 2.75) is 11.7 Å². The van der Waals surface area contributed by atoms with Crippen molar-refractivity contribution in [1.29, 1.82) is 0 Å². The highest BCUT2D eigenvalue weighted by atomic mass is 32.2. The first kappa shape index (κ1) is 7.09. The van der Waals surface area contributed by atoms with E-state index in [1.54, 1.807) is 11.8 Å². The molecule has 0 bridgehead atoms. The number of carbonyl (C=O) groups is 1. The van der Waals surface area contributed by atoms with Crippen LogP contribution in [0, 0.1) is 0 Å². The Morgan fingerprint density at radius 3 is 3.00 bits per heavy atom. The van der Waals surface area contributed by atoms with E-state index in [0.29, 0.717) is 12.2 Å². The lowest BCUT2D eigenvalue weighted by atomic mass is 10.1. The Bertz CT molecular complexity index is 116. The van der Waals surface area contributed by atoms with E-state index in [9.17, 15) is 4.79 Å². The number of nitrogens with one attached hydrogen (secondary N) is 1. The Kier molecular flexibility index (Phi) is 2.54. The molecule has 1 rings (SSSR count). The van der Waals surface area contributed by atoms with E-state index in [4.69, 9.17) is 0 Å². The molecule has 1 unspecified atom stereocenters. The summed E-state index contributed by atoms with van der Waals surface area (Å²) in [5.74, 6) is 0.404. The van der Waals surface area contributed by atoms with E-state index < -0.39 is 0 Å². The zero-order chi connectivity index (χ0) is 6.69. The van der Waals surface area contributed by atoms with Crippen molar-refractivity contribution >= 4 is 17.5 Å². The summed E-state index contributed by atoms with van der Waals surface area (Å²) in [5.41, 5.74) is 0. The number of thioether (sulfide) groups is 1. The average Bonchev–Trinajstić information content (AvgIpc) is 1.89. The van der Waals surface area contributed by atoms with Crippen molar-refractivity contribution in [2.75, 3.05) is 19.3 Å². The number of ketones is 1. The Balaban J connectivity index is 2.39. The number of rotatable bonds is 1. The molecule has 1 aliphatic heterocycles. The first-order valence-electron chi connectivity index (χ1n) is 3.11. The highest BCUT2D eigenvalue weighted by Gasteiger charge is 2.19. The monoisotopic (exact) mass is 145 g/mol. The fraction of sp³-hybridized carbons (Fsp3) is 0.833. The van der Waals surface area contributed by atoms with Gasteiger partial charge in [-0.05, 0) is 6.26 Å². The molecule has 0 radical (unpaired) electrons. The van der Waals surface area contributed by atoms with Crippen molar-refractivity contribution in [3.8, 4) is 0 Å². The minimum absolute atomic E-state index is 0.221. The smallest absolute Gasteiger partial charge is 0.148 e. The van der Waals surface area contributed by atoms with Gasteiger partial charge in [0.25, 0.3) is 0 Å². The quantitative estimate of drug-likeness (QED) is 0.574. The second-order valence-electron chi connectivity index (χ2n) is 2.14. The molecule has 0 aliphatic carbocycles. The highest BCUT2D eigenvalue weighted by molar-refractivity contribution is 8.00. The summed E-state index contributed by atoms with van der Waals surface area (Å²) in [7, 11) is 0. The maximum absolute atomic E-state index is 11.0. The van der Waals surface area contributed by atoms with E-state index >= 15 is 0 Å². The van der Waals surface area contributed by atoms with Crippen LogP contribution in [0.25, 0.3) is 0 Å². The summed E-state index contributed by atoms with van der Waals surface area (Å²) in [6, 6.07) is 0. The fourth-order valence-corrected chi connectivity index (χ4v) is 1.60. The van der Waals surface area contributed by atoms with Gasteiger partial charge in [0.1, 0.15) is 5.78 Å². The number of hydrogen-bond acceptors (Lipinski definition) is 3. The molecule has 1 saturated heterocycles. The number of carbonyl (C=O) groups excluding carboxylic acids is 1. The van der Waals surface area contributed by atoms with Gasteiger partial charge in [0, 0.05) is 19.5 Å². The summed E-state index contributed by atoms with van der Waals surface area (Å²) in [4.78, 5) is 11.0. The van der Waals surface area contributed by atoms with Gasteiger partial charge in [0.2, 0.25) is 0 Å². The molecule has 2 nitrogen and oxygen atoms in total. The zero-order valence-electron chi connectivity index (χ0n) is 5.52. The van der Waals surface area contributed by atoms with Gasteiger partial charge in [0.15, 0.2) is 0 Å². The first-order chi connectivity index (χ1) is 4.34. The van der Waals surface area contributed by atoms with E-state index in [-0.39, 0.29) is 5.25 Å². The molecular weight excluding hydrogens is 134 g/mol. The maximum Gasteiger partial charge on any atom is 0.148 e. The molecule has 3 heteroatoms. The lowest BCUT2D eigenvalue weighted by Gasteiger charge is -2.18. The lowest BCUT2D eigenvalue weighted by molar-refractivity contribution is -0.119. The van der Waals surface area contributed by atoms with Crippen LogP contribution < -0.4 is 5.32 Å². The molecule has 1 aliphatic rings. The van der Waals surface area contributed by atoms with Crippen molar-refractivity contribution < 1.29 is 4.79 Å². The fourth-order valence-electron chi connectivity index (χ4n) is 0.934. The van der Waals surface area contributed by atoms with Crippen molar-refractivity contribution in [3.63, 3.8) is 0 Å². The highest BCUT2D eigenvalue weighted by Crippen LogP contribution is 2.10. The molecule has 1 fully saturated rings. The Labute approximate surface area is 59.4 Å². The molecule has 1 N–H and O–H groups in total. The standard InChI is InChI=1S/C6H11NOS/c1-9-6-4-7-3-2-5(6)8/h6-7H,2-4H2,1H3. The van der Waals surface area contributed by atoms with Crippen LogP contribution in [0.4, 0.5) is 0 Å². The molecule has 52 valence electrons. The molecule has 0 amide bonds. The van der Waals surface area contributed by atoms with Gasteiger partial charge >= 0.3 is 0 Å². The van der Waals surface area contributed by atoms with Gasteiger partial charge in [-0.2, -0.15) is 11.8 Å². The van der Waals surface area contributed by atoms with Crippen molar-refractivity contribution in [3.05, 3.63) is 0 Å². The average molecular weight is 145 g/mol. The van der Waals surface area contributed by atoms with Gasteiger partial charge in [-0.3, -0.25) is 4.79 Å². The van der Waals surface area contributed by atoms with Gasteiger partial charge in [-0.1, -0.05) is 0 Å². The van der Waals surface area contributed by atoms with E-state index in [0.717, 1.165) is 13.1 Å². The van der Waals surface area contributed by atoms with Crippen molar-refractivity contribution in [1.82, 2.24) is 5.32 Å². The molecule has 1 heterocycles. The van der Waals surface area contributed by atoms with Crippen LogP contribution in [0.3, 0.4) is 0 Å². The normalized spacial score (nSPS) is 28.6. The van der Waals surface area contributed by atoms with E-state index in [1.165, 1.54) is 0 Å². The second-order valence-corrected chi connectivity index (χ2v) is 3.19. The topological polar surface area (TPSA) is 29.1 Å². The zero-order valence-corrected chi connectivity index (χ0v) is 6.33. The minimum atomic E-state index is 0.221. The molecular formula is C6H11NOS. The third-order valence-electron chi connectivity index (χ3n) is 1.52. The predicted molar refractivity (Wildman–Crippen MR) is 39.8 cm³/mol. The first-order valence-corrected chi connectivity index (χ1v) is 4.39. The molecule has 0 spiro atoms. The molecule has 0 aromatic rings. The summed E-state index contributed by atoms with van der Waals surface area (Å²) in [6.45, 7) is 1.73. The van der Waals surface area contributed by atoms with Crippen LogP contribution in [0.2, 0.25) is 0 Å². The summed E-state index contributed by atoms with van der Waals surface area (Å²) < 4.78 is 0. The predicted octanol–water partition coefficient (Wildman–Crippen LogP) is 0.280. The maximum atomic E-state index is 11.0. The number of hydrogen-bond donors (Lipinski definition) is 1. The van der Waals surface area contributed by atoms with Crippen LogP contribution in [0.1, 0.15) is 6.42 Å². The number of Topliss-reactive ketones (excluding diaryl/α,β-unsaturated/α-hetero) is 1. The SMILES string of the molecule is CSC1CNCCC1=O. The van der Waals surface area contributed by atoms with Crippen LogP contribution in [-0.4, -0.2) is 30.4 Å². The van der Waals surface area contributed by atoms with E-state index in [1.807, 2.05) is 6.26 Å². The largest absolute Gasteiger partial charge is 0.315 e. The third kappa shape index (κ3) is 1.69. The van der Waals surface area contributed by atoms with Crippen LogP contribution >= 0.6 is 11.8 Å². The van der Waals surface area contributed by atoms with Gasteiger partial charge in [-0.25, -0.2) is 0 Å². The summed E-state index contributed by atoms with van der Waals surface area (Å²) in [6.07, 6.45) is 2.70. The Morgan fingerprint density at radius 1 is 1.78 bits per heavy atom. The van der Waals surface area contributed by atoms with Crippen LogP contribution in [0.15, 0.2) is 0 Å². The Morgan fingerprint density at radius 2 is 2.56 bits per heavy atom. The van der Waals surface area contributed by atoms with Crippen LogP contribution in [0.5, 0.6) is 0 Å². The molecule has 0 aromatic carbocycles. The summed E-state index contributed by atoms with van der Waals surface area (Å²) in [5, 5.41) is 3.40. The van der Waals surface area contributed by atoms with Gasteiger partial charge in [0.05, 0.1) is 5.25 Å². The molecule has 0 aromatic heterocycles. The molecule has 0 saturated carbocycles. The lowest BCUT2D eigenvalue weighted by Crippen LogP contribution is -2.38. The van der Waals surface area contributed by atoms with Gasteiger partial charge in [-0.15, -0.1) is 0 Å². The van der Waals surface area contributed by atoms with E-state index in [2.05, 4.69) is 5.32 Å². The minimum Gasteiger partial charge on any atom is -0.315 e. The Hall–Kier alpha value is -0.0200. The summed E-state index contributed by atoms with van der Waals surface area (Å²) >= 11 is 1.64.